The van der Waals surface area contributed by atoms with Gasteiger partial charge in [-0.05, 0) is 60.5 Å². The molecule has 6 heteroatoms. The van der Waals surface area contributed by atoms with Gasteiger partial charge in [0.2, 0.25) is 0 Å². The number of hydrogen-bond acceptors (Lipinski definition) is 4. The van der Waals surface area contributed by atoms with Crippen LogP contribution < -0.4 is 5.32 Å². The Kier molecular flexibility index (Phi) is 4.37. The van der Waals surface area contributed by atoms with Crippen LogP contribution in [0.1, 0.15) is 27.2 Å². The van der Waals surface area contributed by atoms with E-state index in [0.717, 1.165) is 25.5 Å². The van der Waals surface area contributed by atoms with Gasteiger partial charge >= 0.3 is 0 Å². The predicted octanol–water partition coefficient (Wildman–Crippen LogP) is 5.34. The molecule has 0 saturated heterocycles. The van der Waals surface area contributed by atoms with Crippen LogP contribution in [0.2, 0.25) is 0 Å². The molecule has 2 heterocycles. The van der Waals surface area contributed by atoms with Crippen molar-refractivity contribution >= 4 is 38.9 Å². The number of thiophene rings is 1. The van der Waals surface area contributed by atoms with Crippen molar-refractivity contribution in [2.24, 2.45) is 0 Å². The molecule has 0 saturated carbocycles. The first kappa shape index (κ1) is 16.0. The molecule has 0 aliphatic carbocycles. The van der Waals surface area contributed by atoms with Gasteiger partial charge in [0.25, 0.3) is 5.91 Å². The van der Waals surface area contributed by atoms with E-state index in [1.807, 2.05) is 44.2 Å². The van der Waals surface area contributed by atoms with E-state index in [0.29, 0.717) is 17.0 Å². The molecule has 0 atom stereocenters. The molecular formula is C17H15BrN2O2S. The van der Waals surface area contributed by atoms with E-state index in [4.69, 9.17) is 4.52 Å². The molecule has 0 unspecified atom stereocenters. The average Bonchev–Trinajstić information content (AvgIpc) is 3.07. The lowest BCUT2D eigenvalue weighted by Gasteiger charge is -2.09. The number of aromatic nitrogens is 1. The van der Waals surface area contributed by atoms with Crippen molar-refractivity contribution in [2.75, 3.05) is 5.32 Å². The van der Waals surface area contributed by atoms with E-state index in [1.165, 1.54) is 11.3 Å². The summed E-state index contributed by atoms with van der Waals surface area (Å²) in [7, 11) is 0. The second kappa shape index (κ2) is 6.29. The highest BCUT2D eigenvalue weighted by molar-refractivity contribution is 9.11. The average molecular weight is 391 g/mol. The van der Waals surface area contributed by atoms with Crippen LogP contribution in [0.3, 0.4) is 0 Å². The van der Waals surface area contributed by atoms with Crippen LogP contribution in [0.25, 0.3) is 10.6 Å². The number of anilines is 1. The van der Waals surface area contributed by atoms with Crippen LogP contribution in [0.5, 0.6) is 0 Å². The second-order valence-electron chi connectivity index (χ2n) is 5.34. The zero-order valence-electron chi connectivity index (χ0n) is 12.9. The molecule has 3 aromatic rings. The van der Waals surface area contributed by atoms with Gasteiger partial charge in [0.1, 0.15) is 17.0 Å². The Morgan fingerprint density at radius 3 is 2.65 bits per heavy atom. The highest BCUT2D eigenvalue weighted by Gasteiger charge is 2.23. The quantitative estimate of drug-likeness (QED) is 0.656. The summed E-state index contributed by atoms with van der Waals surface area (Å²) in [6.45, 7) is 5.74. The van der Waals surface area contributed by atoms with Gasteiger partial charge in [0.15, 0.2) is 0 Å². The Bertz CT molecular complexity index is 883. The Balaban J connectivity index is 1.95. The Hall–Kier alpha value is -1.92. The molecule has 0 aliphatic heterocycles. The van der Waals surface area contributed by atoms with Crippen molar-refractivity contribution < 1.29 is 9.32 Å². The largest absolute Gasteiger partial charge is 0.360 e. The molecule has 3 rings (SSSR count). The first-order valence-corrected chi connectivity index (χ1v) is 8.67. The third-order valence-electron chi connectivity index (χ3n) is 3.53. The predicted molar refractivity (Wildman–Crippen MR) is 96.1 cm³/mol. The first-order valence-electron chi connectivity index (χ1n) is 7.06. The SMILES string of the molecule is Cc1ccc(NC(=O)c2c(-c3ccc(Br)s3)noc2C)c(C)c1. The lowest BCUT2D eigenvalue weighted by molar-refractivity contribution is 0.102. The zero-order chi connectivity index (χ0) is 16.6. The van der Waals surface area contributed by atoms with Crippen molar-refractivity contribution in [2.45, 2.75) is 20.8 Å². The fourth-order valence-electron chi connectivity index (χ4n) is 2.39. The van der Waals surface area contributed by atoms with Crippen LogP contribution in [-0.4, -0.2) is 11.1 Å². The van der Waals surface area contributed by atoms with Crippen LogP contribution in [-0.2, 0) is 0 Å². The Labute approximate surface area is 146 Å². The molecule has 23 heavy (non-hydrogen) atoms. The minimum atomic E-state index is -0.213. The topological polar surface area (TPSA) is 55.1 Å². The number of halogens is 1. The summed E-state index contributed by atoms with van der Waals surface area (Å²) >= 11 is 4.94. The molecule has 1 amide bonds. The molecule has 0 radical (unpaired) electrons. The molecule has 4 nitrogen and oxygen atoms in total. The van der Waals surface area contributed by atoms with E-state index in [2.05, 4.69) is 26.4 Å². The van der Waals surface area contributed by atoms with E-state index in [-0.39, 0.29) is 5.91 Å². The maximum absolute atomic E-state index is 12.7. The number of carbonyl (C=O) groups is 1. The van der Waals surface area contributed by atoms with Gasteiger partial charge in [0.05, 0.1) is 8.66 Å². The molecule has 0 fully saturated rings. The second-order valence-corrected chi connectivity index (χ2v) is 7.80. The van der Waals surface area contributed by atoms with Crippen molar-refractivity contribution in [1.82, 2.24) is 5.16 Å². The number of rotatable bonds is 3. The standard InChI is InChI=1S/C17H15BrN2O2S/c1-9-4-5-12(10(2)8-9)19-17(21)15-11(3)22-20-16(15)13-6-7-14(18)23-13/h4-8H,1-3H3,(H,19,21). The summed E-state index contributed by atoms with van der Waals surface area (Å²) in [4.78, 5) is 13.6. The molecule has 1 aromatic carbocycles. The zero-order valence-corrected chi connectivity index (χ0v) is 15.3. The first-order chi connectivity index (χ1) is 11.0. The fourth-order valence-corrected chi connectivity index (χ4v) is 3.76. The Morgan fingerprint density at radius 1 is 1.22 bits per heavy atom. The van der Waals surface area contributed by atoms with Crippen LogP contribution in [0, 0.1) is 20.8 Å². The lowest BCUT2D eigenvalue weighted by Crippen LogP contribution is -2.14. The number of benzene rings is 1. The van der Waals surface area contributed by atoms with Crippen LogP contribution in [0.4, 0.5) is 5.69 Å². The number of nitrogens with zero attached hydrogens (tertiary/aromatic N) is 1. The number of hydrogen-bond donors (Lipinski definition) is 1. The van der Waals surface area contributed by atoms with Crippen LogP contribution >= 0.6 is 27.3 Å². The molecule has 0 spiro atoms. The minimum Gasteiger partial charge on any atom is -0.360 e. The highest BCUT2D eigenvalue weighted by atomic mass is 79.9. The summed E-state index contributed by atoms with van der Waals surface area (Å²) < 4.78 is 6.23. The summed E-state index contributed by atoms with van der Waals surface area (Å²) in [5.74, 6) is 0.294. The van der Waals surface area contributed by atoms with E-state index in [1.54, 1.807) is 6.92 Å². The maximum atomic E-state index is 12.7. The van der Waals surface area contributed by atoms with Gasteiger partial charge in [-0.1, -0.05) is 22.9 Å². The minimum absolute atomic E-state index is 0.213. The van der Waals surface area contributed by atoms with Gasteiger partial charge in [-0.15, -0.1) is 11.3 Å². The number of carbonyl (C=O) groups excluding carboxylic acids is 1. The third-order valence-corrected chi connectivity index (χ3v) is 5.16. The van der Waals surface area contributed by atoms with Gasteiger partial charge in [-0.3, -0.25) is 4.79 Å². The smallest absolute Gasteiger partial charge is 0.261 e. The van der Waals surface area contributed by atoms with E-state index < -0.39 is 0 Å². The van der Waals surface area contributed by atoms with Crippen molar-refractivity contribution in [1.29, 1.82) is 0 Å². The lowest BCUT2D eigenvalue weighted by atomic mass is 10.1. The highest BCUT2D eigenvalue weighted by Crippen LogP contribution is 2.34. The molecule has 2 aromatic heterocycles. The number of aryl methyl sites for hydroxylation is 3. The van der Waals surface area contributed by atoms with E-state index >= 15 is 0 Å². The van der Waals surface area contributed by atoms with Gasteiger partial charge in [-0.25, -0.2) is 0 Å². The molecule has 0 aliphatic rings. The monoisotopic (exact) mass is 390 g/mol. The van der Waals surface area contributed by atoms with Gasteiger partial charge in [-0.2, -0.15) is 0 Å². The normalized spacial score (nSPS) is 10.8. The third kappa shape index (κ3) is 3.23. The molecule has 118 valence electrons. The molecule has 0 bridgehead atoms. The summed E-state index contributed by atoms with van der Waals surface area (Å²) in [6, 6.07) is 9.76. The maximum Gasteiger partial charge on any atom is 0.261 e. The van der Waals surface area contributed by atoms with Gasteiger partial charge < -0.3 is 9.84 Å². The van der Waals surface area contributed by atoms with E-state index in [9.17, 15) is 4.79 Å². The number of nitrogens with one attached hydrogen (secondary N) is 1. The number of amides is 1. The van der Waals surface area contributed by atoms with Crippen molar-refractivity contribution in [3.63, 3.8) is 0 Å². The fraction of sp³-hybridized carbons (Fsp3) is 0.176. The summed E-state index contributed by atoms with van der Waals surface area (Å²) in [5, 5.41) is 7.00. The van der Waals surface area contributed by atoms with Gasteiger partial charge in [0, 0.05) is 5.69 Å². The summed E-state index contributed by atoms with van der Waals surface area (Å²) in [6.07, 6.45) is 0. The van der Waals surface area contributed by atoms with Crippen molar-refractivity contribution in [3.05, 3.63) is 56.6 Å². The summed E-state index contributed by atoms with van der Waals surface area (Å²) in [5.41, 5.74) is 4.01. The van der Waals surface area contributed by atoms with Crippen molar-refractivity contribution in [3.8, 4) is 10.6 Å². The molecular weight excluding hydrogens is 376 g/mol. The Morgan fingerprint density at radius 2 is 2.00 bits per heavy atom. The molecule has 1 N–H and O–H groups in total. The van der Waals surface area contributed by atoms with Crippen LogP contribution in [0.15, 0.2) is 38.6 Å².